The minimum Gasteiger partial charge on any atom is -0.441 e. The minimum absolute atomic E-state index is 0. The quantitative estimate of drug-likeness (QED) is 0.829. The summed E-state index contributed by atoms with van der Waals surface area (Å²) in [5, 5.41) is 3.26. The minimum atomic E-state index is 0. The van der Waals surface area contributed by atoms with E-state index in [0.29, 0.717) is 5.92 Å². The molecule has 2 nitrogen and oxygen atoms in total. The van der Waals surface area contributed by atoms with E-state index in [9.17, 15) is 0 Å². The maximum Gasteiger partial charge on any atom is 0.0232 e. The Labute approximate surface area is 122 Å². The Kier molecular flexibility index (Phi) is 5.37. The first-order valence-electron chi connectivity index (χ1n) is 5.26. The number of benzene rings is 1. The summed E-state index contributed by atoms with van der Waals surface area (Å²) >= 11 is 0. The number of anilines is 1. The Balaban J connectivity index is 0.00000128. The zero-order chi connectivity index (χ0) is 10.7. The Morgan fingerprint density at radius 1 is 1.25 bits per heavy atom. The van der Waals surface area contributed by atoms with Gasteiger partial charge in [0, 0.05) is 38.4 Å². The van der Waals surface area contributed by atoms with Crippen molar-refractivity contribution in [1.82, 2.24) is 0 Å². The zero-order valence-corrected chi connectivity index (χ0v) is 12.5. The number of hydrogen-bond acceptors (Lipinski definition) is 2. The van der Waals surface area contributed by atoms with E-state index in [1.54, 1.807) is 0 Å². The van der Waals surface area contributed by atoms with Crippen LogP contribution >= 0.6 is 0 Å². The molecule has 81 valence electrons. The average Bonchev–Trinajstić information content (AvgIpc) is 2.71. The van der Waals surface area contributed by atoms with Gasteiger partial charge in [-0.1, -0.05) is 32.4 Å². The third-order valence-electron chi connectivity index (χ3n) is 2.45. The Morgan fingerprint density at radius 3 is 2.44 bits per heavy atom. The SMILES string of the molecule is CC(C)c1ccc(NC2=N[C-]=CC2)cc1.[Y]. The Bertz CT molecular complexity index is 391. The molecule has 0 atom stereocenters. The van der Waals surface area contributed by atoms with Gasteiger partial charge >= 0.3 is 0 Å². The van der Waals surface area contributed by atoms with Gasteiger partial charge in [0.05, 0.1) is 0 Å². The van der Waals surface area contributed by atoms with Gasteiger partial charge in [0.2, 0.25) is 0 Å². The van der Waals surface area contributed by atoms with Crippen LogP contribution in [0.3, 0.4) is 0 Å². The van der Waals surface area contributed by atoms with Crippen LogP contribution in [0.4, 0.5) is 5.69 Å². The van der Waals surface area contributed by atoms with Crippen LogP contribution in [0.25, 0.3) is 0 Å². The van der Waals surface area contributed by atoms with E-state index in [1.165, 1.54) is 5.56 Å². The van der Waals surface area contributed by atoms with Crippen LogP contribution in [-0.4, -0.2) is 5.84 Å². The van der Waals surface area contributed by atoms with Gasteiger partial charge in [0.15, 0.2) is 0 Å². The van der Waals surface area contributed by atoms with Crippen LogP contribution in [0.5, 0.6) is 0 Å². The predicted octanol–water partition coefficient (Wildman–Crippen LogP) is 3.34. The van der Waals surface area contributed by atoms with Gasteiger partial charge in [-0.05, 0) is 29.4 Å². The van der Waals surface area contributed by atoms with Crippen molar-refractivity contribution in [1.29, 1.82) is 0 Å². The van der Waals surface area contributed by atoms with Gasteiger partial charge in [-0.15, -0.1) is 0 Å². The number of rotatable bonds is 2. The molecule has 1 radical (unpaired) electrons. The van der Waals surface area contributed by atoms with Gasteiger partial charge in [-0.25, -0.2) is 0 Å². The standard InChI is InChI=1S/C13H15N2.Y/c1-10(2)11-5-7-12(8-6-11)15-13-4-3-9-14-13;/h3,5-8,10H,4H2,1-2H3,(H,14,15);/q-1;. The first-order valence-corrected chi connectivity index (χ1v) is 5.26. The van der Waals surface area contributed by atoms with E-state index in [0.717, 1.165) is 17.9 Å². The van der Waals surface area contributed by atoms with E-state index in [1.807, 2.05) is 6.08 Å². The molecule has 1 aromatic rings. The number of aliphatic imine (C=N–C) groups is 1. The molecule has 1 aromatic carbocycles. The summed E-state index contributed by atoms with van der Waals surface area (Å²) in [5.41, 5.74) is 2.45. The molecule has 1 aliphatic heterocycles. The molecule has 2 rings (SSSR count). The molecule has 0 aliphatic carbocycles. The van der Waals surface area contributed by atoms with Crippen LogP contribution in [0.2, 0.25) is 0 Å². The Hall–Kier alpha value is -0.466. The van der Waals surface area contributed by atoms with Crippen molar-refractivity contribution in [2.24, 2.45) is 4.99 Å². The van der Waals surface area contributed by atoms with Crippen molar-refractivity contribution < 1.29 is 32.7 Å². The molecule has 16 heavy (non-hydrogen) atoms. The van der Waals surface area contributed by atoms with Crippen molar-refractivity contribution in [2.45, 2.75) is 26.2 Å². The first-order chi connectivity index (χ1) is 7.25. The van der Waals surface area contributed by atoms with Gasteiger partial charge in [-0.3, -0.25) is 0 Å². The molecule has 0 fully saturated rings. The monoisotopic (exact) mass is 288 g/mol. The van der Waals surface area contributed by atoms with Crippen LogP contribution in [0.1, 0.15) is 31.7 Å². The summed E-state index contributed by atoms with van der Waals surface area (Å²) < 4.78 is 0. The van der Waals surface area contributed by atoms with E-state index < -0.39 is 0 Å². The molecular formula is C13H15N2Y-. The summed E-state index contributed by atoms with van der Waals surface area (Å²) in [6.07, 6.45) is 5.60. The van der Waals surface area contributed by atoms with Crippen molar-refractivity contribution in [3.05, 3.63) is 42.1 Å². The van der Waals surface area contributed by atoms with Gasteiger partial charge in [0.1, 0.15) is 0 Å². The van der Waals surface area contributed by atoms with E-state index in [4.69, 9.17) is 0 Å². The molecular weight excluding hydrogens is 273 g/mol. The zero-order valence-electron chi connectivity index (χ0n) is 9.70. The fraction of sp³-hybridized carbons (Fsp3) is 0.308. The predicted molar refractivity (Wildman–Crippen MR) is 64.0 cm³/mol. The largest absolute Gasteiger partial charge is 0.441 e. The third kappa shape index (κ3) is 3.53. The number of nitrogens with one attached hydrogen (secondary N) is 1. The normalized spacial score (nSPS) is 13.6. The van der Waals surface area contributed by atoms with Crippen LogP contribution in [-0.2, 0) is 32.7 Å². The molecule has 1 aliphatic rings. The summed E-state index contributed by atoms with van der Waals surface area (Å²) in [7, 11) is 0. The van der Waals surface area contributed by atoms with Crippen molar-refractivity contribution >= 4 is 11.5 Å². The van der Waals surface area contributed by atoms with E-state index in [-0.39, 0.29) is 32.7 Å². The van der Waals surface area contributed by atoms with Crippen molar-refractivity contribution in [2.75, 3.05) is 5.32 Å². The fourth-order valence-electron chi connectivity index (χ4n) is 1.51. The fourth-order valence-corrected chi connectivity index (χ4v) is 1.51. The molecule has 0 saturated carbocycles. The molecule has 3 heteroatoms. The molecule has 1 heterocycles. The topological polar surface area (TPSA) is 24.4 Å². The second-order valence-electron chi connectivity index (χ2n) is 4.00. The second-order valence-corrected chi connectivity index (χ2v) is 4.00. The van der Waals surface area contributed by atoms with Crippen molar-refractivity contribution in [3.63, 3.8) is 0 Å². The first kappa shape index (κ1) is 13.6. The molecule has 1 N–H and O–H groups in total. The van der Waals surface area contributed by atoms with Gasteiger partial charge < -0.3 is 10.3 Å². The third-order valence-corrected chi connectivity index (χ3v) is 2.45. The second kappa shape index (κ2) is 6.31. The van der Waals surface area contributed by atoms with Crippen molar-refractivity contribution in [3.8, 4) is 0 Å². The van der Waals surface area contributed by atoms with Crippen LogP contribution in [0, 0.1) is 6.20 Å². The Morgan fingerprint density at radius 2 is 1.94 bits per heavy atom. The smallest absolute Gasteiger partial charge is 0.0232 e. The van der Waals surface area contributed by atoms with Crippen LogP contribution < -0.4 is 5.32 Å². The molecule has 0 aromatic heterocycles. The van der Waals surface area contributed by atoms with E-state index >= 15 is 0 Å². The van der Waals surface area contributed by atoms with Gasteiger partial charge in [0.25, 0.3) is 0 Å². The summed E-state index contributed by atoms with van der Waals surface area (Å²) in [6.45, 7) is 4.39. The molecule has 0 spiro atoms. The molecule has 0 amide bonds. The molecule has 0 saturated heterocycles. The maximum absolute atomic E-state index is 4.09. The summed E-state index contributed by atoms with van der Waals surface area (Å²) in [5.74, 6) is 1.55. The maximum atomic E-state index is 4.09. The number of amidine groups is 1. The average molecular weight is 288 g/mol. The molecule has 0 bridgehead atoms. The van der Waals surface area contributed by atoms with Gasteiger partial charge in [-0.2, -0.15) is 12.3 Å². The summed E-state index contributed by atoms with van der Waals surface area (Å²) in [6, 6.07) is 8.49. The number of hydrogen-bond donors (Lipinski definition) is 1. The summed E-state index contributed by atoms with van der Waals surface area (Å²) in [4.78, 5) is 4.09. The molecule has 0 unspecified atom stereocenters. The van der Waals surface area contributed by atoms with E-state index in [2.05, 4.69) is 54.6 Å². The number of nitrogens with zero attached hydrogens (tertiary/aromatic N) is 1. The van der Waals surface area contributed by atoms with Crippen LogP contribution in [0.15, 0.2) is 35.3 Å².